The Hall–Kier alpha value is -0.710. The molecule has 104 valence electrons. The van der Waals surface area contributed by atoms with Crippen molar-refractivity contribution in [1.82, 2.24) is 5.32 Å². The van der Waals surface area contributed by atoms with Crippen LogP contribution in [-0.4, -0.2) is 28.9 Å². The highest BCUT2D eigenvalue weighted by atomic mass is 35.5. The number of amides is 1. The van der Waals surface area contributed by atoms with Crippen molar-refractivity contribution in [3.63, 3.8) is 0 Å². The van der Waals surface area contributed by atoms with Gasteiger partial charge in [0.1, 0.15) is 0 Å². The normalized spacial score (nSPS) is 16.7. The second kappa shape index (κ2) is 6.64. The fourth-order valence-electron chi connectivity index (χ4n) is 2.08. The van der Waals surface area contributed by atoms with Crippen LogP contribution >= 0.6 is 23.4 Å². The first-order valence-electron chi connectivity index (χ1n) is 6.44. The van der Waals surface area contributed by atoms with Gasteiger partial charge in [0.2, 0.25) is 5.91 Å². The molecule has 0 spiro atoms. The molecule has 3 nitrogen and oxygen atoms in total. The van der Waals surface area contributed by atoms with Crippen molar-refractivity contribution in [2.24, 2.45) is 0 Å². The quantitative estimate of drug-likeness (QED) is 0.794. The monoisotopic (exact) mass is 299 g/mol. The third-order valence-electron chi connectivity index (χ3n) is 3.43. The predicted octanol–water partition coefficient (Wildman–Crippen LogP) is 2.85. The summed E-state index contributed by atoms with van der Waals surface area (Å²) in [6, 6.07) is 7.59. The Balaban J connectivity index is 1.70. The molecule has 0 atom stereocenters. The number of hydrogen-bond acceptors (Lipinski definition) is 3. The van der Waals surface area contributed by atoms with Gasteiger partial charge in [-0.15, -0.1) is 11.8 Å². The molecule has 0 saturated heterocycles. The lowest BCUT2D eigenvalue weighted by molar-refractivity contribution is -0.124. The molecule has 1 saturated carbocycles. The maximum absolute atomic E-state index is 11.8. The molecule has 0 radical (unpaired) electrons. The zero-order chi connectivity index (χ0) is 13.7. The first-order valence-corrected chi connectivity index (χ1v) is 7.80. The van der Waals surface area contributed by atoms with Crippen molar-refractivity contribution in [3.8, 4) is 0 Å². The van der Waals surface area contributed by atoms with Gasteiger partial charge in [0.05, 0.1) is 12.1 Å². The molecule has 1 aliphatic rings. The topological polar surface area (TPSA) is 49.3 Å². The van der Waals surface area contributed by atoms with Crippen LogP contribution in [0.15, 0.2) is 29.2 Å². The van der Waals surface area contributed by atoms with E-state index < -0.39 is 0 Å². The summed E-state index contributed by atoms with van der Waals surface area (Å²) in [7, 11) is 0. The Morgan fingerprint density at radius 2 is 2.05 bits per heavy atom. The van der Waals surface area contributed by atoms with Crippen LogP contribution in [0.4, 0.5) is 0 Å². The summed E-state index contributed by atoms with van der Waals surface area (Å²) in [6.07, 6.45) is 3.33. The van der Waals surface area contributed by atoms with Crippen LogP contribution < -0.4 is 5.32 Å². The molecule has 1 aliphatic carbocycles. The molecule has 19 heavy (non-hydrogen) atoms. The largest absolute Gasteiger partial charge is 0.394 e. The van der Waals surface area contributed by atoms with Gasteiger partial charge in [-0.2, -0.15) is 0 Å². The van der Waals surface area contributed by atoms with Gasteiger partial charge in [0, 0.05) is 22.1 Å². The second-order valence-corrected chi connectivity index (χ2v) is 6.50. The van der Waals surface area contributed by atoms with Crippen molar-refractivity contribution in [2.75, 3.05) is 12.4 Å². The Morgan fingerprint density at radius 1 is 1.37 bits per heavy atom. The number of nitrogens with one attached hydrogen (secondary N) is 1. The lowest BCUT2D eigenvalue weighted by Gasteiger charge is -2.41. The van der Waals surface area contributed by atoms with Crippen LogP contribution in [0.2, 0.25) is 5.02 Å². The minimum absolute atomic E-state index is 0.0233. The summed E-state index contributed by atoms with van der Waals surface area (Å²) >= 11 is 7.44. The van der Waals surface area contributed by atoms with Crippen LogP contribution in [0, 0.1) is 0 Å². The van der Waals surface area contributed by atoms with Crippen molar-refractivity contribution in [2.45, 2.75) is 36.1 Å². The fraction of sp³-hybridized carbons (Fsp3) is 0.500. The molecule has 1 aromatic rings. The zero-order valence-corrected chi connectivity index (χ0v) is 12.3. The van der Waals surface area contributed by atoms with E-state index in [0.29, 0.717) is 6.42 Å². The minimum Gasteiger partial charge on any atom is -0.394 e. The first kappa shape index (κ1) is 14.7. The highest BCUT2D eigenvalue weighted by Gasteiger charge is 2.37. The van der Waals surface area contributed by atoms with Crippen molar-refractivity contribution >= 4 is 29.3 Å². The van der Waals surface area contributed by atoms with Gasteiger partial charge < -0.3 is 10.4 Å². The molecule has 0 bridgehead atoms. The highest BCUT2D eigenvalue weighted by Crippen LogP contribution is 2.31. The zero-order valence-electron chi connectivity index (χ0n) is 10.7. The van der Waals surface area contributed by atoms with Gasteiger partial charge in [-0.25, -0.2) is 0 Å². The van der Waals surface area contributed by atoms with Crippen LogP contribution in [0.1, 0.15) is 25.7 Å². The summed E-state index contributed by atoms with van der Waals surface area (Å²) < 4.78 is 0. The Labute approximate surface area is 122 Å². The fourth-order valence-corrected chi connectivity index (χ4v) is 3.05. The van der Waals surface area contributed by atoms with Crippen LogP contribution in [0.3, 0.4) is 0 Å². The summed E-state index contributed by atoms with van der Waals surface area (Å²) in [4.78, 5) is 12.9. The Kier molecular flexibility index (Phi) is 5.13. The molecule has 1 fully saturated rings. The van der Waals surface area contributed by atoms with Crippen molar-refractivity contribution < 1.29 is 9.90 Å². The van der Waals surface area contributed by atoms with Crippen LogP contribution in [0.25, 0.3) is 0 Å². The number of carbonyl (C=O) groups excluding carboxylic acids is 1. The van der Waals surface area contributed by atoms with E-state index in [0.717, 1.165) is 34.9 Å². The lowest BCUT2D eigenvalue weighted by Crippen LogP contribution is -2.56. The van der Waals surface area contributed by atoms with Crippen molar-refractivity contribution in [3.05, 3.63) is 29.3 Å². The number of aliphatic hydroxyl groups excluding tert-OH is 1. The van der Waals surface area contributed by atoms with E-state index in [1.807, 2.05) is 24.3 Å². The smallest absolute Gasteiger partial charge is 0.221 e. The number of rotatable bonds is 6. The number of halogens is 1. The number of carbonyl (C=O) groups is 1. The molecule has 1 amide bonds. The molecular formula is C14H18ClNO2S. The summed E-state index contributed by atoms with van der Waals surface area (Å²) in [5, 5.41) is 13.0. The Bertz CT molecular complexity index is 426. The predicted molar refractivity (Wildman–Crippen MR) is 78.6 cm³/mol. The average Bonchev–Trinajstić information content (AvgIpc) is 2.36. The number of hydrogen-bond donors (Lipinski definition) is 2. The van der Waals surface area contributed by atoms with Gasteiger partial charge in [-0.1, -0.05) is 11.6 Å². The molecule has 0 aromatic heterocycles. The minimum atomic E-state index is -0.331. The maximum Gasteiger partial charge on any atom is 0.221 e. The van der Waals surface area contributed by atoms with Gasteiger partial charge in [0.15, 0.2) is 0 Å². The van der Waals surface area contributed by atoms with E-state index in [9.17, 15) is 9.90 Å². The average molecular weight is 300 g/mol. The van der Waals surface area contributed by atoms with E-state index in [-0.39, 0.29) is 18.1 Å². The molecule has 1 aromatic carbocycles. The van der Waals surface area contributed by atoms with E-state index in [2.05, 4.69) is 5.32 Å². The Morgan fingerprint density at radius 3 is 2.58 bits per heavy atom. The molecule has 2 N–H and O–H groups in total. The molecular weight excluding hydrogens is 282 g/mol. The third kappa shape index (κ3) is 4.13. The molecule has 5 heteroatoms. The van der Waals surface area contributed by atoms with Gasteiger partial charge in [0.25, 0.3) is 0 Å². The first-order chi connectivity index (χ1) is 9.13. The van der Waals surface area contributed by atoms with Gasteiger partial charge in [-0.3, -0.25) is 4.79 Å². The van der Waals surface area contributed by atoms with E-state index in [4.69, 9.17) is 11.6 Å². The maximum atomic E-state index is 11.8. The van der Waals surface area contributed by atoms with Crippen molar-refractivity contribution in [1.29, 1.82) is 0 Å². The molecule has 0 heterocycles. The summed E-state index contributed by atoms with van der Waals surface area (Å²) in [5.74, 6) is 0.754. The van der Waals surface area contributed by atoms with Gasteiger partial charge in [-0.05, 0) is 43.5 Å². The number of thioether (sulfide) groups is 1. The number of aliphatic hydroxyl groups is 1. The van der Waals surface area contributed by atoms with Crippen LogP contribution in [0.5, 0.6) is 0 Å². The van der Waals surface area contributed by atoms with E-state index in [1.54, 1.807) is 11.8 Å². The van der Waals surface area contributed by atoms with Crippen LogP contribution in [-0.2, 0) is 4.79 Å². The second-order valence-electron chi connectivity index (χ2n) is 4.89. The third-order valence-corrected chi connectivity index (χ3v) is 4.70. The number of benzene rings is 1. The summed E-state index contributed by atoms with van der Waals surface area (Å²) in [6.45, 7) is 0.0447. The van der Waals surface area contributed by atoms with Gasteiger partial charge >= 0.3 is 0 Å². The SMILES string of the molecule is O=C(CCSc1ccc(Cl)cc1)NC1(CO)CCC1. The summed E-state index contributed by atoms with van der Waals surface area (Å²) in [5.41, 5.74) is -0.331. The standard InChI is InChI=1S/C14H18ClNO2S/c15-11-2-4-12(5-3-11)19-9-6-13(18)16-14(10-17)7-1-8-14/h2-5,17H,1,6-10H2,(H,16,18). The molecule has 0 unspecified atom stereocenters. The lowest BCUT2D eigenvalue weighted by atomic mass is 9.77. The molecule has 0 aliphatic heterocycles. The highest BCUT2D eigenvalue weighted by molar-refractivity contribution is 7.99. The van der Waals surface area contributed by atoms with E-state index >= 15 is 0 Å². The molecule has 2 rings (SSSR count). The van der Waals surface area contributed by atoms with E-state index in [1.165, 1.54) is 0 Å².